The minimum Gasteiger partial charge on any atom is -0.350 e. The van der Waals surface area contributed by atoms with Crippen molar-refractivity contribution in [2.75, 3.05) is 0 Å². The van der Waals surface area contributed by atoms with E-state index in [1.165, 1.54) is 17.8 Å². The van der Waals surface area contributed by atoms with Crippen LogP contribution in [0.5, 0.6) is 0 Å². The van der Waals surface area contributed by atoms with Crippen molar-refractivity contribution in [2.45, 2.75) is 68.9 Å². The van der Waals surface area contributed by atoms with Crippen molar-refractivity contribution in [1.29, 1.82) is 0 Å². The molecule has 5 nitrogen and oxygen atoms in total. The average Bonchev–Trinajstić information content (AvgIpc) is 3.36. The number of benzene rings is 1. The number of carbonyl (C=O) groups is 1. The van der Waals surface area contributed by atoms with E-state index in [-0.39, 0.29) is 28.6 Å². The summed E-state index contributed by atoms with van der Waals surface area (Å²) in [6.45, 7) is 7.92. The number of carbonyl (C=O) groups excluding carboxylic acids is 1. The molecule has 140 valence electrons. The molecule has 26 heavy (non-hydrogen) atoms. The third-order valence-electron chi connectivity index (χ3n) is 4.69. The van der Waals surface area contributed by atoms with Gasteiger partial charge in [0.2, 0.25) is 5.91 Å². The lowest BCUT2D eigenvalue weighted by atomic mass is 10.0. The zero-order valence-corrected chi connectivity index (χ0v) is 16.4. The van der Waals surface area contributed by atoms with Gasteiger partial charge in [0.15, 0.2) is 11.0 Å². The molecule has 1 N–H and O–H groups in total. The van der Waals surface area contributed by atoms with Crippen LogP contribution < -0.4 is 5.32 Å². The maximum atomic E-state index is 14.2. The summed E-state index contributed by atoms with van der Waals surface area (Å²) in [6.07, 6.45) is 2.90. The SMILES string of the molecule is CCC(C)(C)NC(=O)C(C)Sc1nnc(-c2ccccc2F)n1C1CC1. The standard InChI is InChI=1S/C19H25FN4OS/c1-5-19(3,4)21-17(25)12(2)26-18-23-22-16(24(18)13-10-11-13)14-8-6-7-9-15(14)20/h6-9,12-13H,5,10-11H2,1-4H3,(H,21,25). The van der Waals surface area contributed by atoms with Gasteiger partial charge in [-0.05, 0) is 52.2 Å². The molecule has 0 spiro atoms. The summed E-state index contributed by atoms with van der Waals surface area (Å²) >= 11 is 1.37. The number of hydrogen-bond acceptors (Lipinski definition) is 4. The van der Waals surface area contributed by atoms with Crippen LogP contribution in [0.2, 0.25) is 0 Å². The minimum atomic E-state index is -0.311. The molecule has 0 bridgehead atoms. The highest BCUT2D eigenvalue weighted by Gasteiger charge is 2.32. The Morgan fingerprint density at radius 2 is 2.08 bits per heavy atom. The summed E-state index contributed by atoms with van der Waals surface area (Å²) < 4.78 is 16.2. The quantitative estimate of drug-likeness (QED) is 0.736. The van der Waals surface area contributed by atoms with Gasteiger partial charge >= 0.3 is 0 Å². The van der Waals surface area contributed by atoms with E-state index in [1.807, 2.05) is 32.3 Å². The van der Waals surface area contributed by atoms with Crippen molar-refractivity contribution in [2.24, 2.45) is 0 Å². The number of thioether (sulfide) groups is 1. The highest BCUT2D eigenvalue weighted by Crippen LogP contribution is 2.42. The highest BCUT2D eigenvalue weighted by molar-refractivity contribution is 8.00. The smallest absolute Gasteiger partial charge is 0.233 e. The molecule has 1 aromatic carbocycles. The number of hydrogen-bond donors (Lipinski definition) is 1. The lowest BCUT2D eigenvalue weighted by Crippen LogP contribution is -2.46. The Bertz CT molecular complexity index is 801. The topological polar surface area (TPSA) is 59.8 Å². The van der Waals surface area contributed by atoms with Crippen molar-refractivity contribution < 1.29 is 9.18 Å². The second-order valence-electron chi connectivity index (χ2n) is 7.37. The molecule has 3 rings (SSSR count). The van der Waals surface area contributed by atoms with Crippen molar-refractivity contribution in [1.82, 2.24) is 20.1 Å². The lowest BCUT2D eigenvalue weighted by molar-refractivity contribution is -0.121. The fourth-order valence-electron chi connectivity index (χ4n) is 2.58. The Balaban J connectivity index is 1.83. The first-order valence-corrected chi connectivity index (χ1v) is 9.89. The number of aromatic nitrogens is 3. The predicted molar refractivity (Wildman–Crippen MR) is 102 cm³/mol. The van der Waals surface area contributed by atoms with Gasteiger partial charge in [0, 0.05) is 11.6 Å². The molecule has 0 radical (unpaired) electrons. The predicted octanol–water partition coefficient (Wildman–Crippen LogP) is 4.20. The molecule has 2 aromatic rings. The molecule has 0 aliphatic heterocycles. The Labute approximate surface area is 157 Å². The second-order valence-corrected chi connectivity index (χ2v) is 8.68. The van der Waals surface area contributed by atoms with Gasteiger partial charge in [0.1, 0.15) is 5.82 Å². The van der Waals surface area contributed by atoms with Crippen LogP contribution in [0.4, 0.5) is 4.39 Å². The molecule has 7 heteroatoms. The van der Waals surface area contributed by atoms with Gasteiger partial charge in [-0.1, -0.05) is 30.8 Å². The summed E-state index contributed by atoms with van der Waals surface area (Å²) in [7, 11) is 0. The van der Waals surface area contributed by atoms with E-state index in [0.717, 1.165) is 19.3 Å². The normalized spacial score (nSPS) is 15.7. The van der Waals surface area contributed by atoms with Crippen LogP contribution >= 0.6 is 11.8 Å². The first-order chi connectivity index (χ1) is 12.3. The molecular weight excluding hydrogens is 351 g/mol. The van der Waals surface area contributed by atoms with Crippen molar-refractivity contribution in [3.63, 3.8) is 0 Å². The van der Waals surface area contributed by atoms with Gasteiger partial charge < -0.3 is 5.32 Å². The van der Waals surface area contributed by atoms with Gasteiger partial charge in [-0.15, -0.1) is 10.2 Å². The van der Waals surface area contributed by atoms with Crippen molar-refractivity contribution >= 4 is 17.7 Å². The van der Waals surface area contributed by atoms with E-state index in [9.17, 15) is 9.18 Å². The van der Waals surface area contributed by atoms with Gasteiger partial charge in [-0.25, -0.2) is 4.39 Å². The largest absolute Gasteiger partial charge is 0.350 e. The molecule has 0 saturated heterocycles. The number of halogens is 1. The molecule has 1 saturated carbocycles. The Kier molecular flexibility index (Phi) is 5.37. The summed E-state index contributed by atoms with van der Waals surface area (Å²) in [5.41, 5.74) is 0.206. The molecule has 1 amide bonds. The summed E-state index contributed by atoms with van der Waals surface area (Å²) in [5.74, 6) is 0.197. The number of amides is 1. The highest BCUT2D eigenvalue weighted by atomic mass is 32.2. The Hall–Kier alpha value is -1.89. The van der Waals surface area contributed by atoms with Crippen molar-refractivity contribution in [3.8, 4) is 11.4 Å². The van der Waals surface area contributed by atoms with E-state index in [0.29, 0.717) is 16.5 Å². The van der Waals surface area contributed by atoms with E-state index in [4.69, 9.17) is 0 Å². The molecule has 1 aromatic heterocycles. The summed E-state index contributed by atoms with van der Waals surface area (Å²) in [6, 6.07) is 6.88. The van der Waals surface area contributed by atoms with Crippen LogP contribution in [0.25, 0.3) is 11.4 Å². The first-order valence-electron chi connectivity index (χ1n) is 9.01. The maximum absolute atomic E-state index is 14.2. The molecule has 1 aliphatic rings. The van der Waals surface area contributed by atoms with E-state index < -0.39 is 0 Å². The van der Waals surface area contributed by atoms with Crippen molar-refractivity contribution in [3.05, 3.63) is 30.1 Å². The molecule has 1 aliphatic carbocycles. The van der Waals surface area contributed by atoms with Crippen LogP contribution in [-0.4, -0.2) is 31.5 Å². The van der Waals surface area contributed by atoms with Crippen LogP contribution in [0, 0.1) is 5.82 Å². The zero-order valence-electron chi connectivity index (χ0n) is 15.6. The molecule has 1 atom stereocenters. The third-order valence-corrected chi connectivity index (χ3v) is 5.74. The average molecular weight is 377 g/mol. The number of nitrogens with zero attached hydrogens (tertiary/aromatic N) is 3. The molecule has 1 fully saturated rings. The first kappa shape index (κ1) is 18.9. The number of nitrogens with one attached hydrogen (secondary N) is 1. The fourth-order valence-corrected chi connectivity index (χ4v) is 3.50. The Morgan fingerprint density at radius 1 is 1.38 bits per heavy atom. The summed E-state index contributed by atoms with van der Waals surface area (Å²) in [5, 5.41) is 11.9. The minimum absolute atomic E-state index is 0.0281. The van der Waals surface area contributed by atoms with E-state index in [2.05, 4.69) is 15.5 Å². The monoisotopic (exact) mass is 376 g/mol. The van der Waals surface area contributed by atoms with Gasteiger partial charge in [0.25, 0.3) is 0 Å². The van der Waals surface area contributed by atoms with Gasteiger partial charge in [-0.2, -0.15) is 0 Å². The molecule has 1 unspecified atom stereocenters. The lowest BCUT2D eigenvalue weighted by Gasteiger charge is -2.26. The third kappa shape index (κ3) is 4.09. The van der Waals surface area contributed by atoms with Gasteiger partial charge in [-0.3, -0.25) is 9.36 Å². The van der Waals surface area contributed by atoms with Crippen LogP contribution in [0.15, 0.2) is 29.4 Å². The zero-order chi connectivity index (χ0) is 18.9. The molecular formula is C19H25FN4OS. The summed E-state index contributed by atoms with van der Waals surface area (Å²) in [4.78, 5) is 12.5. The van der Waals surface area contributed by atoms with Gasteiger partial charge in [0.05, 0.1) is 10.8 Å². The van der Waals surface area contributed by atoms with E-state index in [1.54, 1.807) is 18.2 Å². The van der Waals surface area contributed by atoms with Crippen LogP contribution in [0.3, 0.4) is 0 Å². The number of rotatable bonds is 7. The Morgan fingerprint density at radius 3 is 2.69 bits per heavy atom. The fraction of sp³-hybridized carbons (Fsp3) is 0.526. The molecule has 1 heterocycles. The van der Waals surface area contributed by atoms with E-state index >= 15 is 0 Å². The van der Waals surface area contributed by atoms with Crippen LogP contribution in [0.1, 0.15) is 53.0 Å². The second kappa shape index (κ2) is 7.39. The maximum Gasteiger partial charge on any atom is 0.233 e. The van der Waals surface area contributed by atoms with Crippen LogP contribution in [-0.2, 0) is 4.79 Å².